The number of aliphatic carboxylic acids is 1. The van der Waals surface area contributed by atoms with Gasteiger partial charge in [0, 0.05) is 0 Å². The van der Waals surface area contributed by atoms with Gasteiger partial charge < -0.3 is 10.8 Å². The van der Waals surface area contributed by atoms with Crippen molar-refractivity contribution in [1.29, 1.82) is 0 Å². The van der Waals surface area contributed by atoms with Crippen LogP contribution in [0.2, 0.25) is 0 Å². The first-order valence-corrected chi connectivity index (χ1v) is 4.00. The number of hydrogen-bond donors (Lipinski definition) is 2. The molecule has 0 fully saturated rings. The van der Waals surface area contributed by atoms with Gasteiger partial charge in [0.05, 0.1) is 5.92 Å². The van der Waals surface area contributed by atoms with Crippen LogP contribution in [0.25, 0.3) is 0 Å². The molecule has 0 aromatic rings. The Labute approximate surface area is 67.6 Å². The molecule has 0 heterocycles. The molecule has 0 aliphatic carbocycles. The lowest BCUT2D eigenvalue weighted by Crippen LogP contribution is -2.15. The van der Waals surface area contributed by atoms with Gasteiger partial charge >= 0.3 is 5.97 Å². The van der Waals surface area contributed by atoms with Crippen LogP contribution in [0.5, 0.6) is 0 Å². The van der Waals surface area contributed by atoms with Gasteiger partial charge in [0.15, 0.2) is 0 Å². The van der Waals surface area contributed by atoms with Crippen LogP contribution in [0.3, 0.4) is 0 Å². The number of carbonyl (C=O) groups is 1. The highest BCUT2D eigenvalue weighted by Crippen LogP contribution is 2.11. The molecule has 0 rings (SSSR count). The number of carboxylic acids is 1. The zero-order valence-electron chi connectivity index (χ0n) is 7.21. The van der Waals surface area contributed by atoms with Crippen molar-refractivity contribution >= 4 is 5.97 Å². The Morgan fingerprint density at radius 2 is 2.00 bits per heavy atom. The van der Waals surface area contributed by atoms with Gasteiger partial charge in [-0.3, -0.25) is 4.79 Å². The molecule has 0 saturated heterocycles. The molecule has 0 radical (unpaired) electrons. The molecule has 0 aromatic carbocycles. The number of nitrogens with two attached hydrogens (primary N) is 1. The minimum absolute atomic E-state index is 0.232. The predicted octanol–water partition coefficient (Wildman–Crippen LogP) is 1.08. The van der Waals surface area contributed by atoms with Crippen LogP contribution in [0.15, 0.2) is 0 Å². The predicted molar refractivity (Wildman–Crippen MR) is 44.3 cm³/mol. The maximum atomic E-state index is 10.4. The number of carboxylic acid groups (broad SMARTS) is 1. The zero-order valence-corrected chi connectivity index (χ0v) is 7.21. The second-order valence-corrected chi connectivity index (χ2v) is 3.16. The SMILES string of the molecule is CC(CN)CCC(C)C(=O)O. The van der Waals surface area contributed by atoms with E-state index in [1.54, 1.807) is 6.92 Å². The Morgan fingerprint density at radius 1 is 1.45 bits per heavy atom. The summed E-state index contributed by atoms with van der Waals surface area (Å²) in [7, 11) is 0. The molecule has 0 aliphatic rings. The second-order valence-electron chi connectivity index (χ2n) is 3.16. The highest BCUT2D eigenvalue weighted by molar-refractivity contribution is 5.69. The Hall–Kier alpha value is -0.570. The summed E-state index contributed by atoms with van der Waals surface area (Å²) in [5.74, 6) is -0.505. The van der Waals surface area contributed by atoms with E-state index >= 15 is 0 Å². The van der Waals surface area contributed by atoms with E-state index in [2.05, 4.69) is 0 Å². The van der Waals surface area contributed by atoms with E-state index in [1.807, 2.05) is 6.92 Å². The Kier molecular flexibility index (Phi) is 4.86. The van der Waals surface area contributed by atoms with E-state index in [4.69, 9.17) is 10.8 Å². The van der Waals surface area contributed by atoms with Crippen LogP contribution < -0.4 is 5.73 Å². The van der Waals surface area contributed by atoms with E-state index in [1.165, 1.54) is 0 Å². The summed E-state index contributed by atoms with van der Waals surface area (Å²) in [6, 6.07) is 0. The van der Waals surface area contributed by atoms with Crippen molar-refractivity contribution in [2.75, 3.05) is 6.54 Å². The van der Waals surface area contributed by atoms with E-state index in [0.717, 1.165) is 12.8 Å². The summed E-state index contributed by atoms with van der Waals surface area (Å²) < 4.78 is 0. The highest BCUT2D eigenvalue weighted by atomic mass is 16.4. The van der Waals surface area contributed by atoms with E-state index < -0.39 is 5.97 Å². The molecular formula is C8H17NO2. The first kappa shape index (κ1) is 10.4. The number of hydrogen-bond acceptors (Lipinski definition) is 2. The van der Waals surface area contributed by atoms with Crippen LogP contribution in [-0.4, -0.2) is 17.6 Å². The zero-order chi connectivity index (χ0) is 8.85. The van der Waals surface area contributed by atoms with Crippen LogP contribution in [-0.2, 0) is 4.79 Å². The average molecular weight is 159 g/mol. The molecule has 3 nitrogen and oxygen atoms in total. The molecule has 0 bridgehead atoms. The monoisotopic (exact) mass is 159 g/mol. The van der Waals surface area contributed by atoms with Gasteiger partial charge in [-0.1, -0.05) is 13.8 Å². The van der Waals surface area contributed by atoms with Gasteiger partial charge in [-0.2, -0.15) is 0 Å². The smallest absolute Gasteiger partial charge is 0.306 e. The lowest BCUT2D eigenvalue weighted by Gasteiger charge is -2.09. The Morgan fingerprint density at radius 3 is 2.36 bits per heavy atom. The maximum Gasteiger partial charge on any atom is 0.306 e. The largest absolute Gasteiger partial charge is 0.481 e. The molecule has 0 saturated carbocycles. The molecule has 0 amide bonds. The summed E-state index contributed by atoms with van der Waals surface area (Å²) in [5, 5.41) is 8.54. The summed E-state index contributed by atoms with van der Waals surface area (Å²) in [5.41, 5.74) is 5.39. The van der Waals surface area contributed by atoms with Crippen LogP contribution in [0.4, 0.5) is 0 Å². The molecule has 66 valence electrons. The molecular weight excluding hydrogens is 142 g/mol. The Bertz CT molecular complexity index is 125. The van der Waals surface area contributed by atoms with Gasteiger partial charge in [0.2, 0.25) is 0 Å². The van der Waals surface area contributed by atoms with Crippen LogP contribution in [0, 0.1) is 11.8 Å². The molecule has 2 atom stereocenters. The first-order chi connectivity index (χ1) is 5.07. The molecule has 3 N–H and O–H groups in total. The van der Waals surface area contributed by atoms with Gasteiger partial charge in [-0.25, -0.2) is 0 Å². The Balaban J connectivity index is 3.45. The van der Waals surface area contributed by atoms with Crippen molar-refractivity contribution in [1.82, 2.24) is 0 Å². The van der Waals surface area contributed by atoms with Crippen molar-refractivity contribution in [3.8, 4) is 0 Å². The van der Waals surface area contributed by atoms with Crippen molar-refractivity contribution in [2.45, 2.75) is 26.7 Å². The van der Waals surface area contributed by atoms with Gasteiger partial charge in [-0.05, 0) is 25.3 Å². The highest BCUT2D eigenvalue weighted by Gasteiger charge is 2.11. The van der Waals surface area contributed by atoms with Crippen molar-refractivity contribution in [3.05, 3.63) is 0 Å². The molecule has 3 heteroatoms. The minimum atomic E-state index is -0.714. The quantitative estimate of drug-likeness (QED) is 0.631. The van der Waals surface area contributed by atoms with Crippen molar-refractivity contribution in [3.63, 3.8) is 0 Å². The van der Waals surface area contributed by atoms with Gasteiger partial charge in [-0.15, -0.1) is 0 Å². The fraction of sp³-hybridized carbons (Fsp3) is 0.875. The lowest BCUT2D eigenvalue weighted by atomic mass is 9.98. The van der Waals surface area contributed by atoms with Crippen molar-refractivity contribution in [2.24, 2.45) is 17.6 Å². The third-order valence-electron chi connectivity index (χ3n) is 1.92. The molecule has 2 unspecified atom stereocenters. The summed E-state index contributed by atoms with van der Waals surface area (Å²) in [6.07, 6.45) is 1.64. The van der Waals surface area contributed by atoms with E-state index in [0.29, 0.717) is 12.5 Å². The van der Waals surface area contributed by atoms with E-state index in [-0.39, 0.29) is 5.92 Å². The summed E-state index contributed by atoms with van der Waals surface area (Å²) in [6.45, 7) is 4.41. The maximum absolute atomic E-state index is 10.4. The normalized spacial score (nSPS) is 15.9. The number of rotatable bonds is 5. The topological polar surface area (TPSA) is 63.3 Å². The third kappa shape index (κ3) is 4.79. The summed E-state index contributed by atoms with van der Waals surface area (Å²) >= 11 is 0. The lowest BCUT2D eigenvalue weighted by molar-refractivity contribution is -0.141. The summed E-state index contributed by atoms with van der Waals surface area (Å²) in [4.78, 5) is 10.4. The molecule has 0 spiro atoms. The molecule has 0 aliphatic heterocycles. The first-order valence-electron chi connectivity index (χ1n) is 4.00. The van der Waals surface area contributed by atoms with Gasteiger partial charge in [0.1, 0.15) is 0 Å². The second kappa shape index (κ2) is 5.13. The van der Waals surface area contributed by atoms with Gasteiger partial charge in [0.25, 0.3) is 0 Å². The van der Waals surface area contributed by atoms with Crippen molar-refractivity contribution < 1.29 is 9.90 Å². The van der Waals surface area contributed by atoms with Crippen LogP contribution in [0.1, 0.15) is 26.7 Å². The molecule has 0 aromatic heterocycles. The third-order valence-corrected chi connectivity index (χ3v) is 1.92. The fourth-order valence-electron chi connectivity index (χ4n) is 0.776. The van der Waals surface area contributed by atoms with Crippen LogP contribution >= 0.6 is 0 Å². The molecule has 11 heavy (non-hydrogen) atoms. The minimum Gasteiger partial charge on any atom is -0.481 e. The fourth-order valence-corrected chi connectivity index (χ4v) is 0.776. The average Bonchev–Trinajstić information content (AvgIpc) is 1.99. The van der Waals surface area contributed by atoms with E-state index in [9.17, 15) is 4.79 Å². The standard InChI is InChI=1S/C8H17NO2/c1-6(5-9)3-4-7(2)8(10)11/h6-7H,3-5,9H2,1-2H3,(H,10,11).